The van der Waals surface area contributed by atoms with E-state index in [0.29, 0.717) is 24.6 Å². The number of nitrogens with zero attached hydrogens (tertiary/aromatic N) is 2. The molecule has 0 spiro atoms. The van der Waals surface area contributed by atoms with Crippen molar-refractivity contribution in [2.45, 2.75) is 38.2 Å². The normalized spacial score (nSPS) is 19.5. The Balaban J connectivity index is 1.85. The van der Waals surface area contributed by atoms with E-state index in [0.717, 1.165) is 12.0 Å². The molecule has 1 aliphatic heterocycles. The summed E-state index contributed by atoms with van der Waals surface area (Å²) >= 11 is 0. The smallest absolute Gasteiger partial charge is 0.248 e. The van der Waals surface area contributed by atoms with Crippen LogP contribution in [0.5, 0.6) is 0 Å². The Morgan fingerprint density at radius 1 is 1.25 bits per heavy atom. The first-order valence-electron chi connectivity index (χ1n) is 8.07. The second-order valence-corrected chi connectivity index (χ2v) is 7.85. The summed E-state index contributed by atoms with van der Waals surface area (Å²) in [6.45, 7) is 6.35. The molecule has 6 nitrogen and oxygen atoms in total. The molecule has 130 valence electrons. The molecule has 0 amide bonds. The minimum atomic E-state index is -3.64. The van der Waals surface area contributed by atoms with Crippen LogP contribution in [0.3, 0.4) is 0 Å². The Morgan fingerprint density at radius 3 is 2.54 bits per heavy atom. The second-order valence-electron chi connectivity index (χ2n) is 5.97. The van der Waals surface area contributed by atoms with Gasteiger partial charge in [0.05, 0.1) is 12.7 Å². The first kappa shape index (κ1) is 17.1. The molecule has 1 fully saturated rings. The van der Waals surface area contributed by atoms with Gasteiger partial charge in [0, 0.05) is 13.1 Å². The van der Waals surface area contributed by atoms with Gasteiger partial charge >= 0.3 is 0 Å². The average Bonchev–Trinajstić information content (AvgIpc) is 2.94. The molecule has 2 heterocycles. The van der Waals surface area contributed by atoms with Gasteiger partial charge in [-0.3, -0.25) is 0 Å². The summed E-state index contributed by atoms with van der Waals surface area (Å²) in [5.41, 5.74) is 2.63. The minimum absolute atomic E-state index is 0.171. The number of hydrogen-bond donors (Lipinski definition) is 0. The molecule has 24 heavy (non-hydrogen) atoms. The third kappa shape index (κ3) is 3.11. The highest BCUT2D eigenvalue weighted by Crippen LogP contribution is 2.29. The first-order chi connectivity index (χ1) is 11.4. The highest BCUT2D eigenvalue weighted by atomic mass is 32.2. The minimum Gasteiger partial charge on any atom is -0.371 e. The van der Waals surface area contributed by atoms with E-state index in [4.69, 9.17) is 9.26 Å². The SMILES string of the molecule is CCc1ccc(C2CN(S(=O)(=O)c3c(C)noc3C)CCO2)cc1. The Kier molecular flexibility index (Phi) is 4.76. The topological polar surface area (TPSA) is 72.6 Å². The molecular weight excluding hydrogens is 328 g/mol. The van der Waals surface area contributed by atoms with Crippen LogP contribution >= 0.6 is 0 Å². The number of aromatic nitrogens is 1. The molecule has 0 radical (unpaired) electrons. The lowest BCUT2D eigenvalue weighted by Crippen LogP contribution is -2.42. The predicted molar refractivity (Wildman–Crippen MR) is 89.2 cm³/mol. The fourth-order valence-corrected chi connectivity index (χ4v) is 4.70. The van der Waals surface area contributed by atoms with Gasteiger partial charge in [-0.05, 0) is 31.4 Å². The van der Waals surface area contributed by atoms with E-state index >= 15 is 0 Å². The van der Waals surface area contributed by atoms with Gasteiger partial charge < -0.3 is 9.26 Å². The molecular formula is C17H22N2O4S. The molecule has 1 saturated heterocycles. The number of rotatable bonds is 4. The quantitative estimate of drug-likeness (QED) is 0.847. The van der Waals surface area contributed by atoms with Crippen molar-refractivity contribution in [3.8, 4) is 0 Å². The molecule has 0 N–H and O–H groups in total. The molecule has 1 aromatic heterocycles. The van der Waals surface area contributed by atoms with Crippen LogP contribution in [0.1, 0.15) is 35.6 Å². The Morgan fingerprint density at radius 2 is 1.96 bits per heavy atom. The van der Waals surface area contributed by atoms with E-state index in [-0.39, 0.29) is 17.5 Å². The van der Waals surface area contributed by atoms with Crippen LogP contribution in [0.2, 0.25) is 0 Å². The van der Waals surface area contributed by atoms with Gasteiger partial charge in [-0.15, -0.1) is 0 Å². The average molecular weight is 350 g/mol. The maximum Gasteiger partial charge on any atom is 0.248 e. The molecule has 3 rings (SSSR count). The van der Waals surface area contributed by atoms with E-state index in [1.165, 1.54) is 9.87 Å². The van der Waals surface area contributed by atoms with Gasteiger partial charge in [-0.1, -0.05) is 36.3 Å². The zero-order chi connectivity index (χ0) is 17.3. The van der Waals surface area contributed by atoms with Crippen LogP contribution < -0.4 is 0 Å². The van der Waals surface area contributed by atoms with Crippen molar-refractivity contribution in [2.24, 2.45) is 0 Å². The fourth-order valence-electron chi connectivity index (χ4n) is 2.99. The maximum atomic E-state index is 12.9. The number of morpholine rings is 1. The summed E-state index contributed by atoms with van der Waals surface area (Å²) in [4.78, 5) is 0.171. The zero-order valence-corrected chi connectivity index (χ0v) is 15.0. The monoisotopic (exact) mass is 350 g/mol. The Hall–Kier alpha value is -1.70. The lowest BCUT2D eigenvalue weighted by molar-refractivity contribution is -0.00259. The van der Waals surface area contributed by atoms with Gasteiger partial charge in [-0.25, -0.2) is 8.42 Å². The zero-order valence-electron chi connectivity index (χ0n) is 14.2. The van der Waals surface area contributed by atoms with Crippen molar-refractivity contribution in [2.75, 3.05) is 19.7 Å². The highest BCUT2D eigenvalue weighted by molar-refractivity contribution is 7.89. The number of sulfonamides is 1. The van der Waals surface area contributed by atoms with Crippen LogP contribution in [-0.2, 0) is 21.2 Å². The second kappa shape index (κ2) is 6.66. The molecule has 7 heteroatoms. The highest BCUT2D eigenvalue weighted by Gasteiger charge is 2.35. The predicted octanol–water partition coefficient (Wildman–Crippen LogP) is 2.62. The van der Waals surface area contributed by atoms with Crippen LogP contribution in [-0.4, -0.2) is 37.6 Å². The van der Waals surface area contributed by atoms with Crippen molar-refractivity contribution >= 4 is 10.0 Å². The van der Waals surface area contributed by atoms with Crippen LogP contribution in [0.15, 0.2) is 33.7 Å². The lowest BCUT2D eigenvalue weighted by atomic mass is 10.1. The van der Waals surface area contributed by atoms with Crippen molar-refractivity contribution in [1.82, 2.24) is 9.46 Å². The van der Waals surface area contributed by atoms with Crippen molar-refractivity contribution in [3.63, 3.8) is 0 Å². The first-order valence-corrected chi connectivity index (χ1v) is 9.51. The summed E-state index contributed by atoms with van der Waals surface area (Å²) in [5.74, 6) is 0.322. The van der Waals surface area contributed by atoms with Gasteiger partial charge in [0.15, 0.2) is 5.76 Å². The Labute approximate surface area is 142 Å². The summed E-state index contributed by atoms with van der Waals surface area (Å²) in [5, 5.41) is 3.76. The van der Waals surface area contributed by atoms with Gasteiger partial charge in [-0.2, -0.15) is 4.31 Å². The van der Waals surface area contributed by atoms with Crippen LogP contribution in [0.4, 0.5) is 0 Å². The van der Waals surface area contributed by atoms with E-state index in [9.17, 15) is 8.42 Å². The Bertz CT molecular complexity index is 792. The van der Waals surface area contributed by atoms with Gasteiger partial charge in [0.1, 0.15) is 10.6 Å². The van der Waals surface area contributed by atoms with Crippen molar-refractivity contribution < 1.29 is 17.7 Å². The van der Waals surface area contributed by atoms with Gasteiger partial charge in [0.25, 0.3) is 0 Å². The van der Waals surface area contributed by atoms with Crippen molar-refractivity contribution in [1.29, 1.82) is 0 Å². The van der Waals surface area contributed by atoms with E-state index < -0.39 is 10.0 Å². The lowest BCUT2D eigenvalue weighted by Gasteiger charge is -2.32. The van der Waals surface area contributed by atoms with Crippen LogP contribution in [0, 0.1) is 13.8 Å². The van der Waals surface area contributed by atoms with Crippen LogP contribution in [0.25, 0.3) is 0 Å². The fraction of sp³-hybridized carbons (Fsp3) is 0.471. The number of ether oxygens (including phenoxy) is 1. The van der Waals surface area contributed by atoms with Gasteiger partial charge in [0.2, 0.25) is 10.0 Å². The molecule has 1 aromatic carbocycles. The summed E-state index contributed by atoms with van der Waals surface area (Å²) < 4.78 is 38.2. The molecule has 0 aliphatic carbocycles. The largest absolute Gasteiger partial charge is 0.371 e. The molecule has 0 bridgehead atoms. The molecule has 0 saturated carbocycles. The summed E-state index contributed by atoms with van der Waals surface area (Å²) in [6.07, 6.45) is 0.707. The number of aryl methyl sites for hydroxylation is 3. The maximum absolute atomic E-state index is 12.9. The number of benzene rings is 1. The summed E-state index contributed by atoms with van der Waals surface area (Å²) in [6, 6.07) is 8.13. The number of hydrogen-bond acceptors (Lipinski definition) is 5. The third-order valence-electron chi connectivity index (χ3n) is 4.35. The third-order valence-corrected chi connectivity index (χ3v) is 6.46. The van der Waals surface area contributed by atoms with Crippen molar-refractivity contribution in [3.05, 3.63) is 46.8 Å². The standard InChI is InChI=1S/C17H22N2O4S/c1-4-14-5-7-15(8-6-14)16-11-19(9-10-22-16)24(20,21)17-12(2)18-23-13(17)3/h5-8,16H,4,9-11H2,1-3H3. The molecule has 1 unspecified atom stereocenters. The van der Waals surface area contributed by atoms with E-state index in [1.54, 1.807) is 13.8 Å². The van der Waals surface area contributed by atoms with E-state index in [1.807, 2.05) is 12.1 Å². The molecule has 1 aliphatic rings. The molecule has 2 aromatic rings. The molecule has 1 atom stereocenters. The van der Waals surface area contributed by atoms with E-state index in [2.05, 4.69) is 24.2 Å². The summed E-state index contributed by atoms with van der Waals surface area (Å²) in [7, 11) is -3.64.